The third-order valence-corrected chi connectivity index (χ3v) is 3.15. The maximum atomic E-state index is 9.90. The van der Waals surface area contributed by atoms with Gasteiger partial charge >= 0.3 is 0 Å². The molecule has 5 nitrogen and oxygen atoms in total. The topological polar surface area (TPSA) is 62.8 Å². The molecule has 0 amide bonds. The number of hydrogen-bond acceptors (Lipinski definition) is 5. The highest BCUT2D eigenvalue weighted by Gasteiger charge is 2.18. The Hall–Kier alpha value is -0.200. The molecular weight excluding hydrogens is 256 g/mol. The SMILES string of the molecule is COCCOCCNC(C)(C)CCC(O)CNC(C)C. The molecule has 20 heavy (non-hydrogen) atoms. The van der Waals surface area contributed by atoms with E-state index >= 15 is 0 Å². The summed E-state index contributed by atoms with van der Waals surface area (Å²) < 4.78 is 10.3. The number of ether oxygens (including phenoxy) is 2. The van der Waals surface area contributed by atoms with Crippen LogP contribution in [-0.2, 0) is 9.47 Å². The number of aliphatic hydroxyl groups is 1. The van der Waals surface area contributed by atoms with E-state index in [9.17, 15) is 5.11 Å². The van der Waals surface area contributed by atoms with Gasteiger partial charge in [-0.2, -0.15) is 0 Å². The molecule has 0 aromatic rings. The van der Waals surface area contributed by atoms with Crippen LogP contribution in [0.3, 0.4) is 0 Å². The highest BCUT2D eigenvalue weighted by atomic mass is 16.5. The molecule has 3 N–H and O–H groups in total. The van der Waals surface area contributed by atoms with Crippen molar-refractivity contribution in [3.63, 3.8) is 0 Å². The first kappa shape index (κ1) is 19.8. The van der Waals surface area contributed by atoms with E-state index in [0.29, 0.717) is 32.4 Å². The second-order valence-electron chi connectivity index (χ2n) is 6.17. The van der Waals surface area contributed by atoms with E-state index < -0.39 is 0 Å². The molecule has 122 valence electrons. The quantitative estimate of drug-likeness (QED) is 0.444. The fraction of sp³-hybridized carbons (Fsp3) is 1.00. The van der Waals surface area contributed by atoms with Crippen LogP contribution in [0.1, 0.15) is 40.5 Å². The third kappa shape index (κ3) is 12.8. The molecule has 1 unspecified atom stereocenters. The van der Waals surface area contributed by atoms with Gasteiger partial charge in [0.05, 0.1) is 25.9 Å². The Morgan fingerprint density at radius 2 is 1.85 bits per heavy atom. The largest absolute Gasteiger partial charge is 0.392 e. The van der Waals surface area contributed by atoms with Crippen LogP contribution in [0, 0.1) is 0 Å². The lowest BCUT2D eigenvalue weighted by molar-refractivity contribution is 0.0686. The first-order valence-electron chi connectivity index (χ1n) is 7.60. The monoisotopic (exact) mass is 290 g/mol. The van der Waals surface area contributed by atoms with Gasteiger partial charge in [-0.25, -0.2) is 0 Å². The summed E-state index contributed by atoms with van der Waals surface area (Å²) in [5.41, 5.74) is 0.0173. The Morgan fingerprint density at radius 3 is 2.45 bits per heavy atom. The van der Waals surface area contributed by atoms with Crippen molar-refractivity contribution in [3.05, 3.63) is 0 Å². The Morgan fingerprint density at radius 1 is 1.15 bits per heavy atom. The highest BCUT2D eigenvalue weighted by molar-refractivity contribution is 4.79. The van der Waals surface area contributed by atoms with Crippen molar-refractivity contribution in [1.82, 2.24) is 10.6 Å². The third-order valence-electron chi connectivity index (χ3n) is 3.15. The Balaban J connectivity index is 3.62. The fourth-order valence-electron chi connectivity index (χ4n) is 1.80. The molecule has 0 aromatic carbocycles. The van der Waals surface area contributed by atoms with Gasteiger partial charge in [0.1, 0.15) is 0 Å². The second-order valence-corrected chi connectivity index (χ2v) is 6.17. The molecule has 5 heteroatoms. The van der Waals surface area contributed by atoms with Gasteiger partial charge in [0.25, 0.3) is 0 Å². The van der Waals surface area contributed by atoms with Gasteiger partial charge in [-0.3, -0.25) is 0 Å². The molecule has 0 aromatic heterocycles. The summed E-state index contributed by atoms with van der Waals surface area (Å²) in [6.45, 7) is 11.9. The van der Waals surface area contributed by atoms with E-state index in [2.05, 4.69) is 38.3 Å². The van der Waals surface area contributed by atoms with Crippen molar-refractivity contribution >= 4 is 0 Å². The van der Waals surface area contributed by atoms with Gasteiger partial charge in [-0.05, 0) is 26.7 Å². The molecule has 0 saturated carbocycles. The Bertz CT molecular complexity index is 223. The van der Waals surface area contributed by atoms with Crippen LogP contribution in [0.25, 0.3) is 0 Å². The first-order valence-corrected chi connectivity index (χ1v) is 7.60. The average Bonchev–Trinajstić information content (AvgIpc) is 2.38. The van der Waals surface area contributed by atoms with Crippen molar-refractivity contribution in [2.75, 3.05) is 40.0 Å². The smallest absolute Gasteiger partial charge is 0.0700 e. The number of methoxy groups -OCH3 is 1. The molecule has 0 aliphatic rings. The fourth-order valence-corrected chi connectivity index (χ4v) is 1.80. The van der Waals surface area contributed by atoms with Crippen LogP contribution in [0.2, 0.25) is 0 Å². The van der Waals surface area contributed by atoms with E-state index in [4.69, 9.17) is 9.47 Å². The zero-order valence-electron chi connectivity index (χ0n) is 13.9. The van der Waals surface area contributed by atoms with E-state index in [0.717, 1.165) is 19.4 Å². The van der Waals surface area contributed by atoms with Crippen LogP contribution in [0.5, 0.6) is 0 Å². The molecular formula is C15H34N2O3. The van der Waals surface area contributed by atoms with Gasteiger partial charge in [-0.1, -0.05) is 13.8 Å². The summed E-state index contributed by atoms with van der Waals surface area (Å²) in [6.07, 6.45) is 1.45. The van der Waals surface area contributed by atoms with Crippen LogP contribution >= 0.6 is 0 Å². The molecule has 1 atom stereocenters. The van der Waals surface area contributed by atoms with E-state index in [1.807, 2.05) is 0 Å². The molecule has 0 bridgehead atoms. The lowest BCUT2D eigenvalue weighted by Gasteiger charge is -2.27. The first-order chi connectivity index (χ1) is 9.37. The van der Waals surface area contributed by atoms with Crippen molar-refractivity contribution < 1.29 is 14.6 Å². The van der Waals surface area contributed by atoms with Crippen LogP contribution in [0.15, 0.2) is 0 Å². The van der Waals surface area contributed by atoms with E-state index in [1.54, 1.807) is 7.11 Å². The van der Waals surface area contributed by atoms with Crippen molar-refractivity contribution in [2.24, 2.45) is 0 Å². The molecule has 0 fully saturated rings. The normalized spacial score (nSPS) is 13.9. The van der Waals surface area contributed by atoms with Crippen LogP contribution in [0.4, 0.5) is 0 Å². The van der Waals surface area contributed by atoms with Crippen molar-refractivity contribution in [2.45, 2.75) is 58.2 Å². The predicted octanol–water partition coefficient (Wildman–Crippen LogP) is 1.16. The minimum Gasteiger partial charge on any atom is -0.392 e. The maximum Gasteiger partial charge on any atom is 0.0700 e. The summed E-state index contributed by atoms with van der Waals surface area (Å²) in [5, 5.41) is 16.6. The molecule has 0 rings (SSSR count). The van der Waals surface area contributed by atoms with Crippen LogP contribution < -0.4 is 10.6 Å². The van der Waals surface area contributed by atoms with Crippen LogP contribution in [-0.4, -0.2) is 62.8 Å². The van der Waals surface area contributed by atoms with Gasteiger partial charge in [0.15, 0.2) is 0 Å². The van der Waals surface area contributed by atoms with E-state index in [-0.39, 0.29) is 11.6 Å². The Kier molecular flexibility index (Phi) is 11.3. The average molecular weight is 290 g/mol. The minimum atomic E-state index is -0.281. The number of hydrogen-bond donors (Lipinski definition) is 3. The van der Waals surface area contributed by atoms with Crippen molar-refractivity contribution in [3.8, 4) is 0 Å². The predicted molar refractivity (Wildman–Crippen MR) is 83.2 cm³/mol. The second kappa shape index (κ2) is 11.5. The molecule has 0 aliphatic carbocycles. The van der Waals surface area contributed by atoms with Gasteiger partial charge < -0.3 is 25.2 Å². The summed E-state index contributed by atoms with van der Waals surface area (Å²) in [7, 11) is 1.67. The van der Waals surface area contributed by atoms with Crippen molar-refractivity contribution in [1.29, 1.82) is 0 Å². The zero-order valence-corrected chi connectivity index (χ0v) is 13.9. The number of aliphatic hydroxyl groups excluding tert-OH is 1. The zero-order chi connectivity index (χ0) is 15.4. The summed E-state index contributed by atoms with van der Waals surface area (Å²) >= 11 is 0. The number of rotatable bonds is 13. The molecule has 0 saturated heterocycles. The molecule has 0 heterocycles. The van der Waals surface area contributed by atoms with E-state index in [1.165, 1.54) is 0 Å². The van der Waals surface area contributed by atoms with Gasteiger partial charge in [0.2, 0.25) is 0 Å². The molecule has 0 radical (unpaired) electrons. The lowest BCUT2D eigenvalue weighted by atomic mass is 9.96. The standard InChI is InChI=1S/C15H34N2O3/c1-13(2)16-12-14(18)6-7-15(3,4)17-8-9-20-11-10-19-5/h13-14,16-18H,6-12H2,1-5H3. The van der Waals surface area contributed by atoms with Gasteiger partial charge in [0, 0.05) is 31.8 Å². The maximum absolute atomic E-state index is 9.90. The Labute approximate surface area is 124 Å². The molecule has 0 spiro atoms. The summed E-state index contributed by atoms with van der Waals surface area (Å²) in [6, 6.07) is 0.417. The lowest BCUT2D eigenvalue weighted by Crippen LogP contribution is -2.42. The van der Waals surface area contributed by atoms with Gasteiger partial charge in [-0.15, -0.1) is 0 Å². The summed E-state index contributed by atoms with van der Waals surface area (Å²) in [5.74, 6) is 0. The highest BCUT2D eigenvalue weighted by Crippen LogP contribution is 2.12. The molecule has 0 aliphatic heterocycles. The summed E-state index contributed by atoms with van der Waals surface area (Å²) in [4.78, 5) is 0. The minimum absolute atomic E-state index is 0.0173. The number of nitrogens with one attached hydrogen (secondary N) is 2.